The lowest BCUT2D eigenvalue weighted by molar-refractivity contribution is -0.137. The van der Waals surface area contributed by atoms with E-state index < -0.39 is 11.7 Å². The molecule has 0 saturated heterocycles. The molecule has 3 rings (SSSR count). The number of pyridine rings is 1. The molecule has 0 saturated carbocycles. The first kappa shape index (κ1) is 22.3. The van der Waals surface area contributed by atoms with Gasteiger partial charge in [0.25, 0.3) is 0 Å². The van der Waals surface area contributed by atoms with Gasteiger partial charge in [-0.1, -0.05) is 11.6 Å². The molecule has 2 aromatic heterocycles. The number of aryl methyl sites for hydroxylation is 1. The third-order valence-corrected chi connectivity index (χ3v) is 4.52. The van der Waals surface area contributed by atoms with E-state index in [0.717, 1.165) is 12.1 Å². The van der Waals surface area contributed by atoms with Crippen LogP contribution in [0.25, 0.3) is 11.3 Å². The molecule has 1 N–H and O–H groups in total. The Kier molecular flexibility index (Phi) is 6.63. The van der Waals surface area contributed by atoms with Crippen LogP contribution in [0, 0.1) is 18.3 Å². The zero-order valence-electron chi connectivity index (χ0n) is 16.4. The van der Waals surface area contributed by atoms with Crippen LogP contribution in [0.4, 0.5) is 19.0 Å². The van der Waals surface area contributed by atoms with Crippen LogP contribution in [0.5, 0.6) is 0 Å². The molecule has 31 heavy (non-hydrogen) atoms. The number of alkyl halides is 3. The lowest BCUT2D eigenvalue weighted by atomic mass is 10.1. The van der Waals surface area contributed by atoms with Crippen LogP contribution in [0.1, 0.15) is 28.1 Å². The second-order valence-electron chi connectivity index (χ2n) is 6.46. The van der Waals surface area contributed by atoms with Crippen molar-refractivity contribution in [2.45, 2.75) is 19.7 Å². The molecule has 0 aliphatic carbocycles. The Hall–Kier alpha value is -3.35. The smallest absolute Gasteiger partial charge is 0.416 e. The molecule has 0 bridgehead atoms. The molecular weight excluding hydrogens is 433 g/mol. The van der Waals surface area contributed by atoms with Gasteiger partial charge >= 0.3 is 6.18 Å². The average molecular weight is 449 g/mol. The maximum atomic E-state index is 13.0. The normalized spacial score (nSPS) is 11.6. The molecular formula is C21H16ClF3N4O2. The first-order valence-electron chi connectivity index (χ1n) is 8.88. The minimum Gasteiger partial charge on any atom is -0.455 e. The topological polar surface area (TPSA) is 83.4 Å². The molecule has 0 amide bonds. The molecule has 3 aromatic rings. The van der Waals surface area contributed by atoms with Gasteiger partial charge in [0, 0.05) is 23.9 Å². The van der Waals surface area contributed by atoms with Gasteiger partial charge < -0.3 is 9.15 Å². The maximum Gasteiger partial charge on any atom is 0.416 e. The SMILES string of the molecule is COCc1cc(C)nc(NN=Cc2ccc(-c3cc(C(F)(F)F)ccc3Cl)o2)c1C#N. The number of hydrogen-bond acceptors (Lipinski definition) is 6. The molecule has 10 heteroatoms. The van der Waals surface area contributed by atoms with Gasteiger partial charge in [0.2, 0.25) is 0 Å². The summed E-state index contributed by atoms with van der Waals surface area (Å²) in [6, 6.07) is 9.83. The summed E-state index contributed by atoms with van der Waals surface area (Å²) in [4.78, 5) is 4.26. The standard InChI is InChI=1S/C21H16ClF3N4O2/c1-12-7-13(11-30-2)17(9-26)20(28-12)29-27-10-15-4-6-19(31-15)16-8-14(21(23,24)25)3-5-18(16)22/h3-8,10H,11H2,1-2H3,(H,28,29). The lowest BCUT2D eigenvalue weighted by Crippen LogP contribution is -2.04. The summed E-state index contributed by atoms with van der Waals surface area (Å²) in [5, 5.41) is 13.6. The van der Waals surface area contributed by atoms with E-state index in [0.29, 0.717) is 16.8 Å². The first-order valence-corrected chi connectivity index (χ1v) is 9.26. The maximum absolute atomic E-state index is 13.0. The molecule has 2 heterocycles. The second-order valence-corrected chi connectivity index (χ2v) is 6.86. The van der Waals surface area contributed by atoms with Crippen LogP contribution in [-0.4, -0.2) is 18.3 Å². The number of methoxy groups -OCH3 is 1. The first-order chi connectivity index (χ1) is 14.7. The van der Waals surface area contributed by atoms with Crippen LogP contribution in [0.15, 0.2) is 45.9 Å². The van der Waals surface area contributed by atoms with E-state index in [-0.39, 0.29) is 34.5 Å². The van der Waals surface area contributed by atoms with E-state index in [4.69, 9.17) is 20.8 Å². The van der Waals surface area contributed by atoms with Crippen LogP contribution < -0.4 is 5.43 Å². The van der Waals surface area contributed by atoms with E-state index in [9.17, 15) is 18.4 Å². The minimum absolute atomic E-state index is 0.112. The Morgan fingerprint density at radius 3 is 2.74 bits per heavy atom. The van der Waals surface area contributed by atoms with Gasteiger partial charge in [-0.15, -0.1) is 0 Å². The molecule has 0 aliphatic rings. The molecule has 0 radical (unpaired) electrons. The zero-order chi connectivity index (χ0) is 22.6. The van der Waals surface area contributed by atoms with Gasteiger partial charge in [0.1, 0.15) is 23.2 Å². The van der Waals surface area contributed by atoms with Gasteiger partial charge in [-0.05, 0) is 43.3 Å². The predicted molar refractivity (Wildman–Crippen MR) is 110 cm³/mol. The second kappa shape index (κ2) is 9.20. The molecule has 1 aromatic carbocycles. The van der Waals surface area contributed by atoms with E-state index in [1.54, 1.807) is 13.0 Å². The Labute approximate surface area is 180 Å². The molecule has 0 spiro atoms. The van der Waals surface area contributed by atoms with Crippen molar-refractivity contribution in [2.75, 3.05) is 12.5 Å². The summed E-state index contributed by atoms with van der Waals surface area (Å²) >= 11 is 6.04. The number of anilines is 1. The molecule has 160 valence electrons. The molecule has 0 fully saturated rings. The summed E-state index contributed by atoms with van der Waals surface area (Å²) in [5.41, 5.74) is 3.59. The number of hydrogen-bond donors (Lipinski definition) is 1. The van der Waals surface area contributed by atoms with Crippen LogP contribution in [0.2, 0.25) is 5.02 Å². The number of hydrazone groups is 1. The largest absolute Gasteiger partial charge is 0.455 e. The van der Waals surface area contributed by atoms with E-state index in [1.165, 1.54) is 31.5 Å². The summed E-state index contributed by atoms with van der Waals surface area (Å²) in [6.07, 6.45) is -3.19. The molecule has 0 atom stereocenters. The summed E-state index contributed by atoms with van der Waals surface area (Å²) < 4.78 is 49.6. The van der Waals surface area contributed by atoms with Crippen molar-refractivity contribution in [3.8, 4) is 17.4 Å². The predicted octanol–water partition coefficient (Wildman–Crippen LogP) is 5.79. The van der Waals surface area contributed by atoms with Crippen molar-refractivity contribution in [1.82, 2.24) is 4.98 Å². The van der Waals surface area contributed by atoms with Crippen molar-refractivity contribution < 1.29 is 22.3 Å². The van der Waals surface area contributed by atoms with Crippen LogP contribution in [-0.2, 0) is 17.5 Å². The highest BCUT2D eigenvalue weighted by Crippen LogP contribution is 2.36. The van der Waals surface area contributed by atoms with Crippen molar-refractivity contribution in [1.29, 1.82) is 5.26 Å². The third kappa shape index (κ3) is 5.23. The van der Waals surface area contributed by atoms with Gasteiger partial charge in [0.15, 0.2) is 5.82 Å². The van der Waals surface area contributed by atoms with Gasteiger partial charge in [-0.3, -0.25) is 5.43 Å². The monoisotopic (exact) mass is 448 g/mol. The molecule has 0 unspecified atom stereocenters. The fourth-order valence-corrected chi connectivity index (χ4v) is 3.04. The van der Waals surface area contributed by atoms with Crippen molar-refractivity contribution in [3.05, 3.63) is 69.6 Å². The summed E-state index contributed by atoms with van der Waals surface area (Å²) in [5.74, 6) is 0.670. The van der Waals surface area contributed by atoms with Crippen molar-refractivity contribution in [2.24, 2.45) is 5.10 Å². The Balaban J connectivity index is 1.83. The number of nitriles is 1. The molecule has 0 aliphatic heterocycles. The highest BCUT2D eigenvalue weighted by Gasteiger charge is 2.31. The van der Waals surface area contributed by atoms with Crippen LogP contribution in [0.3, 0.4) is 0 Å². The van der Waals surface area contributed by atoms with Gasteiger partial charge in [-0.25, -0.2) is 4.98 Å². The average Bonchev–Trinajstić information content (AvgIpc) is 3.16. The summed E-state index contributed by atoms with van der Waals surface area (Å²) in [6.45, 7) is 2.01. The lowest BCUT2D eigenvalue weighted by Gasteiger charge is -2.09. The van der Waals surface area contributed by atoms with Crippen molar-refractivity contribution in [3.63, 3.8) is 0 Å². The fourth-order valence-electron chi connectivity index (χ4n) is 2.83. The fraction of sp³-hybridized carbons (Fsp3) is 0.190. The quantitative estimate of drug-likeness (QED) is 0.381. The number of nitrogens with zero attached hydrogens (tertiary/aromatic N) is 3. The van der Waals surface area contributed by atoms with E-state index in [1.807, 2.05) is 0 Å². The number of ether oxygens (including phenoxy) is 1. The van der Waals surface area contributed by atoms with E-state index >= 15 is 0 Å². The van der Waals surface area contributed by atoms with Gasteiger partial charge in [0.05, 0.1) is 23.4 Å². The Bertz CT molecular complexity index is 1170. The van der Waals surface area contributed by atoms with Crippen molar-refractivity contribution >= 4 is 23.6 Å². The molecule has 6 nitrogen and oxygen atoms in total. The summed E-state index contributed by atoms with van der Waals surface area (Å²) in [7, 11) is 1.52. The van der Waals surface area contributed by atoms with Crippen LogP contribution >= 0.6 is 11.6 Å². The number of halogens is 4. The number of benzene rings is 1. The number of furan rings is 1. The van der Waals surface area contributed by atoms with E-state index in [2.05, 4.69) is 21.6 Å². The number of rotatable bonds is 6. The zero-order valence-corrected chi connectivity index (χ0v) is 17.2. The highest BCUT2D eigenvalue weighted by atomic mass is 35.5. The highest BCUT2D eigenvalue weighted by molar-refractivity contribution is 6.33. The minimum atomic E-state index is -4.50. The number of nitrogens with one attached hydrogen (secondary N) is 1. The third-order valence-electron chi connectivity index (χ3n) is 4.19. The van der Waals surface area contributed by atoms with Gasteiger partial charge in [-0.2, -0.15) is 23.5 Å². The Morgan fingerprint density at radius 1 is 1.29 bits per heavy atom. The number of aromatic nitrogens is 1. The Morgan fingerprint density at radius 2 is 2.06 bits per heavy atom.